The van der Waals surface area contributed by atoms with Gasteiger partial charge in [-0.1, -0.05) is 17.9 Å². The van der Waals surface area contributed by atoms with Crippen LogP contribution >= 0.6 is 11.8 Å². The molecule has 2 fully saturated rings. The summed E-state index contributed by atoms with van der Waals surface area (Å²) in [6.45, 7) is 9.12. The van der Waals surface area contributed by atoms with Gasteiger partial charge in [0.15, 0.2) is 0 Å². The van der Waals surface area contributed by atoms with E-state index < -0.39 is 9.84 Å². The van der Waals surface area contributed by atoms with Gasteiger partial charge >= 0.3 is 0 Å². The average molecular weight is 755 g/mol. The smallest absolute Gasteiger partial charge is 0.150 e. The Labute approximate surface area is 302 Å². The fraction of sp³-hybridized carbons (Fsp3) is 0.871. The second-order valence-electron chi connectivity index (χ2n) is 11.4. The Hall–Kier alpha value is -1.78. The van der Waals surface area contributed by atoms with E-state index in [1.54, 1.807) is 4.68 Å². The Kier molecular flexibility index (Phi) is 26.6. The summed E-state index contributed by atoms with van der Waals surface area (Å²) in [5.41, 5.74) is 12.6. The number of sulfone groups is 1. The molecule has 17 nitrogen and oxygen atoms in total. The molecule has 0 saturated carbocycles. The van der Waals surface area contributed by atoms with Gasteiger partial charge in [-0.25, -0.2) is 17.8 Å². The van der Waals surface area contributed by atoms with Gasteiger partial charge in [-0.2, -0.15) is 11.8 Å². The Balaban J connectivity index is 0.000000482. The summed E-state index contributed by atoms with van der Waals surface area (Å²) in [6.07, 6.45) is 7.64. The van der Waals surface area contributed by atoms with Crippen molar-refractivity contribution in [2.24, 2.45) is 11.5 Å². The topological polar surface area (TPSA) is 234 Å². The van der Waals surface area contributed by atoms with E-state index in [0.717, 1.165) is 17.9 Å². The molecule has 0 atom stereocenters. The van der Waals surface area contributed by atoms with Gasteiger partial charge in [-0.15, -0.1) is 10.2 Å². The fourth-order valence-corrected chi connectivity index (χ4v) is 7.56. The molecule has 19 heteroatoms. The first-order valence-electron chi connectivity index (χ1n) is 17.0. The zero-order valence-electron chi connectivity index (χ0n) is 28.7. The molecule has 4 rings (SSSR count). The maximum Gasteiger partial charge on any atom is 0.150 e. The van der Waals surface area contributed by atoms with Crippen molar-refractivity contribution in [1.82, 2.24) is 30.0 Å². The molecule has 6 N–H and O–H groups in total. The second-order valence-corrected chi connectivity index (χ2v) is 14.9. The number of rotatable bonds is 24. The molecule has 0 unspecified atom stereocenters. The number of nitrogens with two attached hydrogens (primary N) is 2. The minimum absolute atomic E-state index is 0. The molecule has 2 aromatic heterocycles. The molecule has 2 aliphatic rings. The van der Waals surface area contributed by atoms with E-state index in [1.165, 1.54) is 24.3 Å². The first kappa shape index (κ1) is 46.2. The van der Waals surface area contributed by atoms with E-state index in [2.05, 4.69) is 26.8 Å². The molecule has 2 aliphatic heterocycles. The van der Waals surface area contributed by atoms with Crippen molar-refractivity contribution in [3.63, 3.8) is 0 Å². The zero-order valence-corrected chi connectivity index (χ0v) is 30.3. The fourth-order valence-electron chi connectivity index (χ4n) is 4.97. The number of nitrogens with zero attached hydrogens (tertiary/aromatic N) is 6. The Morgan fingerprint density at radius 2 is 0.980 bits per heavy atom. The monoisotopic (exact) mass is 754 g/mol. The molecular formula is C31H62N8O9S2. The molecule has 0 spiro atoms. The minimum Gasteiger partial charge on any atom is -0.412 e. The third kappa shape index (κ3) is 20.3. The van der Waals surface area contributed by atoms with E-state index in [0.29, 0.717) is 118 Å². The lowest BCUT2D eigenvalue weighted by atomic mass is 10.00. The number of hydrogen-bond acceptors (Lipinski definition) is 15. The highest BCUT2D eigenvalue weighted by molar-refractivity contribution is 7.99. The molecular weight excluding hydrogens is 693 g/mol. The molecule has 0 aromatic carbocycles. The van der Waals surface area contributed by atoms with Crippen LogP contribution in [0.3, 0.4) is 0 Å². The molecule has 0 radical (unpaired) electrons. The van der Waals surface area contributed by atoms with Gasteiger partial charge in [0.25, 0.3) is 0 Å². The van der Waals surface area contributed by atoms with Crippen molar-refractivity contribution >= 4 is 21.6 Å². The van der Waals surface area contributed by atoms with E-state index >= 15 is 0 Å². The molecule has 292 valence electrons. The summed E-state index contributed by atoms with van der Waals surface area (Å²) in [4.78, 5) is 0. The number of thioether (sulfide) groups is 1. The lowest BCUT2D eigenvalue weighted by Gasteiger charge is -2.19. The van der Waals surface area contributed by atoms with E-state index in [9.17, 15) is 8.42 Å². The van der Waals surface area contributed by atoms with Crippen LogP contribution in [0.1, 0.15) is 56.3 Å². The Morgan fingerprint density at radius 1 is 0.620 bits per heavy atom. The van der Waals surface area contributed by atoms with Crippen molar-refractivity contribution in [3.05, 3.63) is 23.8 Å². The standard InChI is InChI=1S/C15H28N4O5S.C15H28N4O3S.CH4.H2O/c16-3-5-22-7-9-24-10-8-23-6-4-19-13-15(17-18-19)14-1-11-25(20,21)12-2-14;16-3-5-20-7-9-22-10-8-21-6-4-19-13-15(17-18-19)14-1-11-23-12-2-14;;/h13-14H,1-12,16H2;13-14H,1-12,16H2;1H4;1H2. The van der Waals surface area contributed by atoms with Crippen LogP contribution in [0.25, 0.3) is 0 Å². The van der Waals surface area contributed by atoms with Gasteiger partial charge in [-0.3, -0.25) is 0 Å². The largest absolute Gasteiger partial charge is 0.412 e. The first-order chi connectivity index (χ1) is 23.5. The lowest BCUT2D eigenvalue weighted by Crippen LogP contribution is -2.22. The van der Waals surface area contributed by atoms with Crippen molar-refractivity contribution < 1.29 is 42.3 Å². The van der Waals surface area contributed by atoms with Crippen LogP contribution in [0.2, 0.25) is 0 Å². The molecule has 0 bridgehead atoms. The van der Waals surface area contributed by atoms with Gasteiger partial charge in [0.2, 0.25) is 0 Å². The van der Waals surface area contributed by atoms with Crippen molar-refractivity contribution in [3.8, 4) is 0 Å². The lowest BCUT2D eigenvalue weighted by molar-refractivity contribution is 0.0141. The summed E-state index contributed by atoms with van der Waals surface area (Å²) in [7, 11) is -2.85. The summed E-state index contributed by atoms with van der Waals surface area (Å²) >= 11 is 2.03. The average Bonchev–Trinajstić information content (AvgIpc) is 3.78. The number of hydrogen-bond donors (Lipinski definition) is 2. The van der Waals surface area contributed by atoms with E-state index in [-0.39, 0.29) is 30.3 Å². The molecule has 2 saturated heterocycles. The highest BCUT2D eigenvalue weighted by atomic mass is 32.2. The zero-order chi connectivity index (χ0) is 34.1. The third-order valence-electron chi connectivity index (χ3n) is 7.67. The summed E-state index contributed by atoms with van der Waals surface area (Å²) in [6, 6.07) is 0. The summed E-state index contributed by atoms with van der Waals surface area (Å²) < 4.78 is 58.7. The van der Waals surface area contributed by atoms with Gasteiger partial charge in [0, 0.05) is 37.3 Å². The quantitative estimate of drug-likeness (QED) is 0.137. The SMILES string of the molecule is C.NCCOCCOCCOCCn1cc(C2CCS(=O)(=O)CC2)nn1.NCCOCCOCCOCCn1cc(C2CCSCC2)nn1.O. The van der Waals surface area contributed by atoms with Gasteiger partial charge in [0.05, 0.1) is 115 Å². The highest BCUT2D eigenvalue weighted by Crippen LogP contribution is 2.30. The van der Waals surface area contributed by atoms with Crippen LogP contribution in [-0.2, 0) is 51.3 Å². The van der Waals surface area contributed by atoms with Crippen LogP contribution in [0.5, 0.6) is 0 Å². The van der Waals surface area contributed by atoms with Gasteiger partial charge < -0.3 is 45.4 Å². The second kappa shape index (κ2) is 28.8. The maximum absolute atomic E-state index is 11.5. The predicted molar refractivity (Wildman–Crippen MR) is 193 cm³/mol. The number of ether oxygens (including phenoxy) is 6. The van der Waals surface area contributed by atoms with Crippen LogP contribution in [0.15, 0.2) is 12.4 Å². The first-order valence-corrected chi connectivity index (χ1v) is 19.9. The summed E-state index contributed by atoms with van der Waals surface area (Å²) in [5.74, 6) is 3.72. The van der Waals surface area contributed by atoms with Crippen molar-refractivity contribution in [2.45, 2.75) is 58.0 Å². The molecule has 2 aromatic rings. The minimum atomic E-state index is -2.85. The van der Waals surface area contributed by atoms with Crippen LogP contribution in [0.4, 0.5) is 0 Å². The van der Waals surface area contributed by atoms with Crippen LogP contribution in [0, 0.1) is 0 Å². The maximum atomic E-state index is 11.5. The van der Waals surface area contributed by atoms with Crippen molar-refractivity contribution in [2.75, 3.05) is 115 Å². The Morgan fingerprint density at radius 3 is 1.38 bits per heavy atom. The van der Waals surface area contributed by atoms with Crippen LogP contribution in [-0.4, -0.2) is 159 Å². The summed E-state index contributed by atoms with van der Waals surface area (Å²) in [5, 5.41) is 16.7. The van der Waals surface area contributed by atoms with Gasteiger partial charge in [-0.05, 0) is 37.2 Å². The molecule has 50 heavy (non-hydrogen) atoms. The van der Waals surface area contributed by atoms with E-state index in [4.69, 9.17) is 39.9 Å². The van der Waals surface area contributed by atoms with E-state index in [1.807, 2.05) is 22.6 Å². The normalized spacial score (nSPS) is 16.3. The van der Waals surface area contributed by atoms with Crippen LogP contribution < -0.4 is 11.5 Å². The third-order valence-corrected chi connectivity index (χ3v) is 10.4. The van der Waals surface area contributed by atoms with Crippen molar-refractivity contribution in [1.29, 1.82) is 0 Å². The van der Waals surface area contributed by atoms with Gasteiger partial charge in [0.1, 0.15) is 9.84 Å². The number of aromatic nitrogens is 6. The molecule has 0 amide bonds. The Bertz CT molecular complexity index is 1170. The predicted octanol–water partition coefficient (Wildman–Crippen LogP) is 0.287. The molecule has 0 aliphatic carbocycles. The molecule has 4 heterocycles. The highest BCUT2D eigenvalue weighted by Gasteiger charge is 2.26.